The Hall–Kier alpha value is -4.13. The lowest BCUT2D eigenvalue weighted by Crippen LogP contribution is -2.49. The largest absolute Gasteiger partial charge is 0.490 e. The third-order valence-electron chi connectivity index (χ3n) is 5.78. The Balaban J connectivity index is 0.000000479. The third-order valence-corrected chi connectivity index (χ3v) is 5.78. The molecule has 3 amide bonds. The molecule has 4 rings (SSSR count). The quantitative estimate of drug-likeness (QED) is 0.381. The van der Waals surface area contributed by atoms with Crippen molar-refractivity contribution >= 4 is 41.0 Å². The summed E-state index contributed by atoms with van der Waals surface area (Å²) < 4.78 is 31.7. The number of aromatic amines is 1. The molecule has 5 N–H and O–H groups in total. The number of carbonyl (C=O) groups excluding carboxylic acids is 3. The minimum Gasteiger partial charge on any atom is -0.475 e. The Labute approximate surface area is 209 Å². The van der Waals surface area contributed by atoms with E-state index in [-0.39, 0.29) is 17.7 Å². The van der Waals surface area contributed by atoms with E-state index < -0.39 is 12.1 Å². The summed E-state index contributed by atoms with van der Waals surface area (Å²) >= 11 is 0. The summed E-state index contributed by atoms with van der Waals surface area (Å²) in [5.41, 5.74) is 5.10. The number of H-pyrrole nitrogens is 1. The van der Waals surface area contributed by atoms with E-state index in [0.717, 1.165) is 34.7 Å². The Kier molecular flexibility index (Phi) is 8.38. The highest BCUT2D eigenvalue weighted by Gasteiger charge is 2.38. The predicted octanol–water partition coefficient (Wildman–Crippen LogP) is 1.92. The monoisotopic (exact) mass is 521 g/mol. The molecule has 1 aromatic carbocycles. The van der Waals surface area contributed by atoms with Crippen LogP contribution in [0.5, 0.6) is 0 Å². The molecule has 13 heteroatoms. The topological polar surface area (TPSA) is 144 Å². The first-order chi connectivity index (χ1) is 17.4. The van der Waals surface area contributed by atoms with Crippen molar-refractivity contribution in [3.63, 3.8) is 0 Å². The van der Waals surface area contributed by atoms with Crippen molar-refractivity contribution in [1.82, 2.24) is 20.5 Å². The van der Waals surface area contributed by atoms with E-state index in [4.69, 9.17) is 9.90 Å². The maximum absolute atomic E-state index is 12.8. The number of aromatic nitrogens is 1. The molecule has 37 heavy (non-hydrogen) atoms. The van der Waals surface area contributed by atoms with Gasteiger partial charge in [0.05, 0.1) is 17.7 Å². The zero-order valence-corrected chi connectivity index (χ0v) is 20.1. The molecule has 2 aromatic rings. The van der Waals surface area contributed by atoms with Gasteiger partial charge in [-0.3, -0.25) is 19.3 Å². The molecule has 10 nitrogen and oxygen atoms in total. The number of hydrogen-bond acceptors (Lipinski definition) is 5. The van der Waals surface area contributed by atoms with Gasteiger partial charge in [-0.1, -0.05) is 18.2 Å². The van der Waals surface area contributed by atoms with Crippen LogP contribution in [0, 0.1) is 13.8 Å². The minimum atomic E-state index is -5.08. The van der Waals surface area contributed by atoms with Crippen LogP contribution in [0.15, 0.2) is 24.3 Å². The molecule has 1 fully saturated rings. The zero-order valence-electron chi connectivity index (χ0n) is 20.1. The molecule has 3 heterocycles. The average molecular weight is 521 g/mol. The number of para-hydroxylation sites is 1. The van der Waals surface area contributed by atoms with Crippen LogP contribution in [0.2, 0.25) is 0 Å². The van der Waals surface area contributed by atoms with Crippen LogP contribution < -0.4 is 16.0 Å². The summed E-state index contributed by atoms with van der Waals surface area (Å²) in [5, 5.41) is 15.7. The normalized spacial score (nSPS) is 16.4. The number of benzene rings is 1. The molecule has 0 atom stereocenters. The lowest BCUT2D eigenvalue weighted by atomic mass is 10.0. The molecule has 2 aliphatic heterocycles. The smallest absolute Gasteiger partial charge is 0.475 e. The van der Waals surface area contributed by atoms with Crippen LogP contribution in [0.3, 0.4) is 0 Å². The summed E-state index contributed by atoms with van der Waals surface area (Å²) in [4.78, 5) is 50.8. The second-order valence-electron chi connectivity index (χ2n) is 8.41. The lowest BCUT2D eigenvalue weighted by Gasteiger charge is -2.26. The SMILES string of the molecule is Cc1[nH]c(/C=C2\C(=O)Nc3ccccc32)c(C)c1C(=O)NCCN1CCNC(=O)C1.O=C(O)C(F)(F)F. The Morgan fingerprint density at radius 3 is 2.51 bits per heavy atom. The molecule has 0 spiro atoms. The van der Waals surface area contributed by atoms with Gasteiger partial charge in [0.25, 0.3) is 11.8 Å². The Morgan fingerprint density at radius 2 is 1.86 bits per heavy atom. The van der Waals surface area contributed by atoms with E-state index in [1.165, 1.54) is 0 Å². The van der Waals surface area contributed by atoms with Gasteiger partial charge < -0.3 is 26.0 Å². The van der Waals surface area contributed by atoms with Gasteiger partial charge in [0, 0.05) is 48.8 Å². The number of anilines is 1. The standard InChI is InChI=1S/C22H25N5O3.C2HF3O2/c1-13-18(11-16-15-5-3-4-6-17(15)26-21(16)29)25-14(2)20(13)22(30)24-8-10-27-9-7-23-19(28)12-27;3-2(4,5)1(6)7/h3-6,11,25H,7-10,12H2,1-2H3,(H,23,28)(H,24,30)(H,26,29);(H,6,7)/b16-11-;. The van der Waals surface area contributed by atoms with E-state index in [1.54, 1.807) is 6.08 Å². The number of halogens is 3. The second kappa shape index (κ2) is 11.3. The number of aryl methyl sites for hydroxylation is 1. The highest BCUT2D eigenvalue weighted by Crippen LogP contribution is 2.33. The van der Waals surface area contributed by atoms with Crippen molar-refractivity contribution in [1.29, 1.82) is 0 Å². The molecule has 0 bridgehead atoms. The first-order valence-corrected chi connectivity index (χ1v) is 11.3. The molecule has 2 aliphatic rings. The number of piperazine rings is 1. The summed E-state index contributed by atoms with van der Waals surface area (Å²) in [6.45, 7) is 6.58. The molecule has 198 valence electrons. The van der Waals surface area contributed by atoms with E-state index in [0.29, 0.717) is 37.3 Å². The number of aliphatic carboxylic acids is 1. The molecule has 1 aromatic heterocycles. The molecule has 0 aliphatic carbocycles. The molecular weight excluding hydrogens is 495 g/mol. The summed E-state index contributed by atoms with van der Waals surface area (Å²) in [6, 6.07) is 7.54. The van der Waals surface area contributed by atoms with Crippen molar-refractivity contribution in [3.8, 4) is 0 Å². The zero-order chi connectivity index (χ0) is 27.3. The van der Waals surface area contributed by atoms with Crippen LogP contribution in [0.4, 0.5) is 18.9 Å². The maximum Gasteiger partial charge on any atom is 0.490 e. The molecule has 0 saturated carbocycles. The van der Waals surface area contributed by atoms with Crippen LogP contribution in [0.25, 0.3) is 11.6 Å². The Bertz CT molecular complexity index is 1250. The number of fused-ring (bicyclic) bond motifs is 1. The van der Waals surface area contributed by atoms with Crippen LogP contribution in [0.1, 0.15) is 32.9 Å². The van der Waals surface area contributed by atoms with Crippen LogP contribution in [-0.4, -0.2) is 77.6 Å². The van der Waals surface area contributed by atoms with Gasteiger partial charge in [0.2, 0.25) is 5.91 Å². The molecule has 1 saturated heterocycles. The van der Waals surface area contributed by atoms with E-state index in [2.05, 4.69) is 20.9 Å². The van der Waals surface area contributed by atoms with Crippen molar-refractivity contribution in [3.05, 3.63) is 52.3 Å². The Morgan fingerprint density at radius 1 is 1.19 bits per heavy atom. The summed E-state index contributed by atoms with van der Waals surface area (Å²) in [7, 11) is 0. The van der Waals surface area contributed by atoms with Gasteiger partial charge in [-0.2, -0.15) is 13.2 Å². The van der Waals surface area contributed by atoms with Crippen molar-refractivity contribution < 1.29 is 37.5 Å². The summed E-state index contributed by atoms with van der Waals surface area (Å²) in [6.07, 6.45) is -3.29. The van der Waals surface area contributed by atoms with Gasteiger partial charge in [0.15, 0.2) is 0 Å². The first-order valence-electron chi connectivity index (χ1n) is 11.3. The lowest BCUT2D eigenvalue weighted by molar-refractivity contribution is -0.192. The predicted molar refractivity (Wildman–Crippen MR) is 129 cm³/mol. The number of hydrogen-bond donors (Lipinski definition) is 5. The number of carboxylic acids is 1. The fourth-order valence-electron chi connectivity index (χ4n) is 3.98. The number of nitrogens with zero attached hydrogens (tertiary/aromatic N) is 1. The molecular formula is C24H26F3N5O5. The second-order valence-corrected chi connectivity index (χ2v) is 8.41. The van der Waals surface area contributed by atoms with Gasteiger partial charge in [0.1, 0.15) is 0 Å². The van der Waals surface area contributed by atoms with Crippen LogP contribution in [-0.2, 0) is 14.4 Å². The summed E-state index contributed by atoms with van der Waals surface area (Å²) in [5.74, 6) is -3.06. The third kappa shape index (κ3) is 6.76. The van der Waals surface area contributed by atoms with Crippen molar-refractivity contribution in [2.75, 3.05) is 38.0 Å². The number of nitrogens with one attached hydrogen (secondary N) is 4. The van der Waals surface area contributed by atoms with E-state index >= 15 is 0 Å². The molecule has 0 unspecified atom stereocenters. The van der Waals surface area contributed by atoms with Crippen LogP contribution >= 0.6 is 0 Å². The average Bonchev–Trinajstić information content (AvgIpc) is 3.28. The van der Waals surface area contributed by atoms with Crippen molar-refractivity contribution in [2.24, 2.45) is 0 Å². The van der Waals surface area contributed by atoms with Gasteiger partial charge >= 0.3 is 12.1 Å². The highest BCUT2D eigenvalue weighted by molar-refractivity contribution is 6.34. The number of carbonyl (C=O) groups is 4. The van der Waals surface area contributed by atoms with E-state index in [9.17, 15) is 27.6 Å². The van der Waals surface area contributed by atoms with Gasteiger partial charge in [-0.25, -0.2) is 4.79 Å². The minimum absolute atomic E-state index is 0.0140. The number of rotatable bonds is 5. The maximum atomic E-state index is 12.8. The van der Waals surface area contributed by atoms with Gasteiger partial charge in [-0.05, 0) is 31.6 Å². The molecule has 0 radical (unpaired) electrons. The van der Waals surface area contributed by atoms with Crippen molar-refractivity contribution in [2.45, 2.75) is 20.0 Å². The number of amides is 3. The number of alkyl halides is 3. The fourth-order valence-corrected chi connectivity index (χ4v) is 3.98. The van der Waals surface area contributed by atoms with E-state index in [1.807, 2.05) is 43.0 Å². The van der Waals surface area contributed by atoms with Gasteiger partial charge in [-0.15, -0.1) is 0 Å². The fraction of sp³-hybridized carbons (Fsp3) is 0.333. The highest BCUT2D eigenvalue weighted by atomic mass is 19.4. The number of carboxylic acid groups (broad SMARTS) is 1. The first kappa shape index (κ1) is 27.5.